The maximum absolute atomic E-state index is 12.5. The molecule has 3 rings (SSSR count). The predicted molar refractivity (Wildman–Crippen MR) is 91.8 cm³/mol. The maximum atomic E-state index is 12.5. The molecule has 124 valence electrons. The first-order chi connectivity index (χ1) is 11.6. The Bertz CT molecular complexity index is 727. The molecule has 0 unspecified atom stereocenters. The van der Waals surface area contributed by atoms with Crippen molar-refractivity contribution in [2.24, 2.45) is 0 Å². The van der Waals surface area contributed by atoms with Crippen molar-refractivity contribution in [3.8, 4) is 11.1 Å². The van der Waals surface area contributed by atoms with Crippen molar-refractivity contribution in [1.82, 2.24) is 10.2 Å². The summed E-state index contributed by atoms with van der Waals surface area (Å²) >= 11 is 0. The number of carboxylic acid groups (broad SMARTS) is 1. The average Bonchev–Trinajstić information content (AvgIpc) is 2.92. The Kier molecular flexibility index (Phi) is 4.51. The minimum absolute atomic E-state index is 0.0547. The molecule has 0 aromatic heterocycles. The molecule has 0 fully saturated rings. The lowest BCUT2D eigenvalue weighted by Gasteiger charge is -2.26. The summed E-state index contributed by atoms with van der Waals surface area (Å²) in [6, 6.07) is 15.9. The molecule has 24 heavy (non-hydrogen) atoms. The lowest BCUT2D eigenvalue weighted by atomic mass is 10.0. The molecular formula is C19H20N2O3. The fourth-order valence-corrected chi connectivity index (χ4v) is 3.22. The third-order valence-electron chi connectivity index (χ3n) is 4.35. The molecule has 2 aromatic carbocycles. The molecule has 0 aliphatic heterocycles. The molecule has 5 nitrogen and oxygen atoms in total. The van der Waals surface area contributed by atoms with Crippen molar-refractivity contribution in [3.63, 3.8) is 0 Å². The summed E-state index contributed by atoms with van der Waals surface area (Å²) in [6.45, 7) is 0.353. The first kappa shape index (κ1) is 16.1. The lowest BCUT2D eigenvalue weighted by Crippen LogP contribution is -2.40. The van der Waals surface area contributed by atoms with E-state index >= 15 is 0 Å². The van der Waals surface area contributed by atoms with E-state index in [0.717, 1.165) is 22.3 Å². The van der Waals surface area contributed by atoms with Crippen molar-refractivity contribution in [2.45, 2.75) is 18.9 Å². The summed E-state index contributed by atoms with van der Waals surface area (Å²) in [7, 11) is 1.77. The number of hydrogen-bond acceptors (Lipinski definition) is 2. The highest BCUT2D eigenvalue weighted by molar-refractivity contribution is 5.82. The molecule has 2 N–H and O–H groups in total. The summed E-state index contributed by atoms with van der Waals surface area (Å²) in [5.74, 6) is -0.851. The number of amides is 2. The van der Waals surface area contributed by atoms with Crippen LogP contribution in [0.2, 0.25) is 0 Å². The number of rotatable bonds is 5. The van der Waals surface area contributed by atoms with E-state index in [1.807, 2.05) is 36.4 Å². The van der Waals surface area contributed by atoms with Gasteiger partial charge in [0, 0.05) is 20.0 Å². The van der Waals surface area contributed by atoms with Crippen LogP contribution in [0.5, 0.6) is 0 Å². The van der Waals surface area contributed by atoms with Crippen LogP contribution >= 0.6 is 0 Å². The standard InChI is InChI=1S/C19H20N2O3/c1-21(19(24)20-12-6-11-17(22)23)18-15-9-4-2-7-13(15)14-8-3-5-10-16(14)18/h2-5,7-10,18H,6,11-12H2,1H3,(H,20,24)(H,22,23). The average molecular weight is 324 g/mol. The highest BCUT2D eigenvalue weighted by Gasteiger charge is 2.32. The second-order valence-electron chi connectivity index (χ2n) is 5.92. The van der Waals surface area contributed by atoms with Crippen LogP contribution in [0, 0.1) is 0 Å². The molecule has 1 aliphatic carbocycles. The van der Waals surface area contributed by atoms with Gasteiger partial charge in [0.05, 0.1) is 6.04 Å². The van der Waals surface area contributed by atoms with Crippen LogP contribution in [0.1, 0.15) is 30.0 Å². The van der Waals surface area contributed by atoms with Crippen molar-refractivity contribution in [3.05, 3.63) is 59.7 Å². The van der Waals surface area contributed by atoms with E-state index in [4.69, 9.17) is 5.11 Å². The molecule has 5 heteroatoms. The van der Waals surface area contributed by atoms with E-state index in [-0.39, 0.29) is 18.5 Å². The van der Waals surface area contributed by atoms with Gasteiger partial charge in [0.15, 0.2) is 0 Å². The quantitative estimate of drug-likeness (QED) is 0.829. The first-order valence-electron chi connectivity index (χ1n) is 8.00. The highest BCUT2D eigenvalue weighted by atomic mass is 16.4. The Labute approximate surface area is 140 Å². The number of nitrogens with zero attached hydrogens (tertiary/aromatic N) is 1. The van der Waals surface area contributed by atoms with Gasteiger partial charge >= 0.3 is 12.0 Å². The van der Waals surface area contributed by atoms with E-state index in [1.165, 1.54) is 0 Å². The number of fused-ring (bicyclic) bond motifs is 3. The van der Waals surface area contributed by atoms with E-state index in [1.54, 1.807) is 11.9 Å². The molecule has 2 aromatic rings. The summed E-state index contributed by atoms with van der Waals surface area (Å²) in [5.41, 5.74) is 4.54. The van der Waals surface area contributed by atoms with E-state index < -0.39 is 5.97 Å². The zero-order valence-corrected chi connectivity index (χ0v) is 13.5. The van der Waals surface area contributed by atoms with E-state index in [2.05, 4.69) is 17.4 Å². The number of benzene rings is 2. The van der Waals surface area contributed by atoms with Crippen molar-refractivity contribution in [1.29, 1.82) is 0 Å². The van der Waals surface area contributed by atoms with Crippen LogP contribution in [0.3, 0.4) is 0 Å². The normalized spacial score (nSPS) is 12.4. The Morgan fingerprint density at radius 2 is 1.58 bits per heavy atom. The molecule has 0 saturated carbocycles. The minimum atomic E-state index is -0.851. The summed E-state index contributed by atoms with van der Waals surface area (Å²) in [6.07, 6.45) is 0.478. The third-order valence-corrected chi connectivity index (χ3v) is 4.35. The molecule has 0 saturated heterocycles. The van der Waals surface area contributed by atoms with Gasteiger partial charge in [-0.1, -0.05) is 48.5 Å². The number of carbonyl (C=O) groups excluding carboxylic acids is 1. The Morgan fingerprint density at radius 1 is 1.04 bits per heavy atom. The van der Waals surface area contributed by atoms with Crippen LogP contribution in [0.25, 0.3) is 11.1 Å². The molecule has 0 heterocycles. The predicted octanol–water partition coefficient (Wildman–Crippen LogP) is 3.26. The smallest absolute Gasteiger partial charge is 0.317 e. The Hall–Kier alpha value is -2.82. The zero-order valence-electron chi connectivity index (χ0n) is 13.5. The Balaban J connectivity index is 1.78. The van der Waals surface area contributed by atoms with Gasteiger partial charge in [0.25, 0.3) is 0 Å². The molecular weight excluding hydrogens is 304 g/mol. The minimum Gasteiger partial charge on any atom is -0.481 e. The van der Waals surface area contributed by atoms with Gasteiger partial charge in [-0.25, -0.2) is 4.79 Å². The van der Waals surface area contributed by atoms with Gasteiger partial charge in [-0.05, 0) is 28.7 Å². The first-order valence-corrected chi connectivity index (χ1v) is 8.00. The summed E-state index contributed by atoms with van der Waals surface area (Å²) in [5, 5.41) is 11.5. The molecule has 1 aliphatic rings. The van der Waals surface area contributed by atoms with Gasteiger partial charge < -0.3 is 15.3 Å². The van der Waals surface area contributed by atoms with Crippen molar-refractivity contribution < 1.29 is 14.7 Å². The lowest BCUT2D eigenvalue weighted by molar-refractivity contribution is -0.137. The van der Waals surface area contributed by atoms with Crippen molar-refractivity contribution >= 4 is 12.0 Å². The number of aliphatic carboxylic acids is 1. The SMILES string of the molecule is CN(C(=O)NCCCC(=O)O)C1c2ccccc2-c2ccccc21. The van der Waals surface area contributed by atoms with Crippen molar-refractivity contribution in [2.75, 3.05) is 13.6 Å². The second kappa shape index (κ2) is 6.74. The summed E-state index contributed by atoms with van der Waals surface area (Å²) < 4.78 is 0. The summed E-state index contributed by atoms with van der Waals surface area (Å²) in [4.78, 5) is 24.7. The monoisotopic (exact) mass is 324 g/mol. The maximum Gasteiger partial charge on any atom is 0.317 e. The highest BCUT2D eigenvalue weighted by Crippen LogP contribution is 2.45. The molecule has 0 spiro atoms. The fraction of sp³-hybridized carbons (Fsp3) is 0.263. The second-order valence-corrected chi connectivity index (χ2v) is 5.92. The molecule has 2 amide bonds. The molecule has 0 atom stereocenters. The van der Waals surface area contributed by atoms with E-state index in [9.17, 15) is 9.59 Å². The molecule has 0 bridgehead atoms. The number of urea groups is 1. The molecule has 0 radical (unpaired) electrons. The Morgan fingerprint density at radius 3 is 2.12 bits per heavy atom. The van der Waals surface area contributed by atoms with Gasteiger partial charge in [-0.3, -0.25) is 4.79 Å². The third kappa shape index (κ3) is 2.97. The number of carbonyl (C=O) groups is 2. The van der Waals surface area contributed by atoms with Crippen LogP contribution < -0.4 is 5.32 Å². The largest absolute Gasteiger partial charge is 0.481 e. The van der Waals surface area contributed by atoms with Gasteiger partial charge in [0.2, 0.25) is 0 Å². The van der Waals surface area contributed by atoms with Gasteiger partial charge in [-0.15, -0.1) is 0 Å². The van der Waals surface area contributed by atoms with Crippen LogP contribution in [-0.2, 0) is 4.79 Å². The van der Waals surface area contributed by atoms with Gasteiger partial charge in [-0.2, -0.15) is 0 Å². The fourth-order valence-electron chi connectivity index (χ4n) is 3.22. The number of hydrogen-bond donors (Lipinski definition) is 2. The van der Waals surface area contributed by atoms with E-state index in [0.29, 0.717) is 13.0 Å². The van der Waals surface area contributed by atoms with Crippen LogP contribution in [0.15, 0.2) is 48.5 Å². The van der Waals surface area contributed by atoms with Gasteiger partial charge in [0.1, 0.15) is 0 Å². The van der Waals surface area contributed by atoms with Crippen LogP contribution in [0.4, 0.5) is 4.79 Å². The zero-order chi connectivity index (χ0) is 17.1. The van der Waals surface area contributed by atoms with Crippen LogP contribution in [-0.4, -0.2) is 35.6 Å². The number of carboxylic acids is 1. The number of nitrogens with one attached hydrogen (secondary N) is 1. The topological polar surface area (TPSA) is 69.6 Å².